The van der Waals surface area contributed by atoms with Gasteiger partial charge in [0.25, 0.3) is 0 Å². The Morgan fingerprint density at radius 2 is 1.18 bits per heavy atom. The van der Waals surface area contributed by atoms with Crippen molar-refractivity contribution < 1.29 is 33.8 Å². The Kier molecular flexibility index (Phi) is 16.7. The minimum absolute atomic E-state index is 0. The van der Waals surface area contributed by atoms with Crippen LogP contribution in [-0.2, 0) is 19.2 Å². The standard InChI is InChI=1S/C28H32N6O3S.C16H14ClNO3.C10H18N2O.CH4/c1-28(2,26(36)31-27-32-29-17-38-27)23-19-7-3-4-8-21(19)37-24-20(23)9-10-22(30-24)33-15-11-18(12-16-33)25(35)34-13-5-6-14-34;1-16(2,15(19)20)13-9-5-3-4-6-11(9)21-14-10(13)7-8-12(17)18-14;13-10(12-7-1-2-8-12)9-3-5-11-6-4-9;/h3-4,7-10,17-18,23H,5-6,11-16H2,1-2H3,(H,31,32,36);3-8,13H,1-2H3,(H,19,20);9,11H,1-8H2;1H4/t23-;13-;;/m00../s1. The predicted octanol–water partition coefficient (Wildman–Crippen LogP) is 10.0. The highest BCUT2D eigenvalue weighted by Crippen LogP contribution is 2.53. The fourth-order valence-electron chi connectivity index (χ4n) is 10.9. The zero-order chi connectivity index (χ0) is 50.6. The van der Waals surface area contributed by atoms with Crippen molar-refractivity contribution >= 4 is 57.6 Å². The number of para-hydroxylation sites is 2. The summed E-state index contributed by atoms with van der Waals surface area (Å²) in [6.45, 7) is 14.7. The zero-order valence-electron chi connectivity index (χ0n) is 41.4. The Morgan fingerprint density at radius 1 is 0.671 bits per heavy atom. The lowest BCUT2D eigenvalue weighted by Crippen LogP contribution is -2.42. The summed E-state index contributed by atoms with van der Waals surface area (Å²) in [6, 6.07) is 22.8. The summed E-state index contributed by atoms with van der Waals surface area (Å²) >= 11 is 7.21. The summed E-state index contributed by atoms with van der Waals surface area (Å²) in [5, 5.41) is 24.4. The molecule has 5 aromatic rings. The number of hydrogen-bond donors (Lipinski definition) is 3. The number of carbonyl (C=O) groups is 4. The lowest BCUT2D eigenvalue weighted by Gasteiger charge is -2.38. The van der Waals surface area contributed by atoms with Crippen LogP contribution in [0.5, 0.6) is 23.3 Å². The number of carboxylic acid groups (broad SMARTS) is 1. The van der Waals surface area contributed by atoms with Gasteiger partial charge in [-0.25, -0.2) is 4.98 Å². The molecule has 4 fully saturated rings. The van der Waals surface area contributed by atoms with Crippen LogP contribution in [0.3, 0.4) is 0 Å². The van der Waals surface area contributed by atoms with E-state index < -0.39 is 16.8 Å². The first-order valence-corrected chi connectivity index (χ1v) is 26.5. The highest BCUT2D eigenvalue weighted by molar-refractivity contribution is 7.13. The van der Waals surface area contributed by atoms with E-state index in [2.05, 4.69) is 35.6 Å². The number of fused-ring (bicyclic) bond motifs is 4. The molecule has 18 heteroatoms. The smallest absolute Gasteiger partial charge is 0.310 e. The molecule has 4 saturated heterocycles. The number of piperidine rings is 2. The summed E-state index contributed by atoms with van der Waals surface area (Å²) in [7, 11) is 0. The number of anilines is 2. The number of halogens is 1. The molecule has 3 aromatic heterocycles. The summed E-state index contributed by atoms with van der Waals surface area (Å²) in [6.07, 6.45) is 8.39. The molecule has 388 valence electrons. The van der Waals surface area contributed by atoms with E-state index >= 15 is 0 Å². The summed E-state index contributed by atoms with van der Waals surface area (Å²) < 4.78 is 12.1. The van der Waals surface area contributed by atoms with Gasteiger partial charge in [0.1, 0.15) is 28.0 Å². The van der Waals surface area contributed by atoms with E-state index in [1.807, 2.05) is 79.4 Å². The lowest BCUT2D eigenvalue weighted by molar-refractivity contribution is -0.147. The fraction of sp³-hybridized carbons (Fsp3) is 0.491. The zero-order valence-corrected chi connectivity index (χ0v) is 43.0. The van der Waals surface area contributed by atoms with Crippen molar-refractivity contribution in [2.45, 2.75) is 98.3 Å². The second-order valence-corrected chi connectivity index (χ2v) is 21.8. The molecule has 16 nitrogen and oxygen atoms in total. The van der Waals surface area contributed by atoms with Crippen LogP contribution < -0.4 is 25.0 Å². The molecule has 9 heterocycles. The average Bonchev–Trinajstić information content (AvgIpc) is 4.24. The van der Waals surface area contributed by atoms with Crippen LogP contribution >= 0.6 is 22.9 Å². The van der Waals surface area contributed by atoms with Gasteiger partial charge in [0, 0.05) is 85.2 Å². The number of amides is 3. The van der Waals surface area contributed by atoms with E-state index in [0.29, 0.717) is 51.3 Å². The molecule has 0 radical (unpaired) electrons. The number of nitrogens with one attached hydrogen (secondary N) is 2. The van der Waals surface area contributed by atoms with Gasteiger partial charge in [0.2, 0.25) is 34.6 Å². The van der Waals surface area contributed by atoms with Gasteiger partial charge in [0.05, 0.1) is 10.8 Å². The summed E-state index contributed by atoms with van der Waals surface area (Å²) in [5.41, 5.74) is 3.20. The molecule has 3 amide bonds. The molecule has 0 spiro atoms. The van der Waals surface area contributed by atoms with E-state index in [1.165, 1.54) is 24.2 Å². The van der Waals surface area contributed by atoms with Crippen molar-refractivity contribution in [3.63, 3.8) is 0 Å². The Labute approximate surface area is 437 Å². The number of carboxylic acids is 1. The molecular formula is C55H68ClN9O7S. The Morgan fingerprint density at radius 3 is 1.71 bits per heavy atom. The number of carbonyl (C=O) groups excluding carboxylic acids is 3. The van der Waals surface area contributed by atoms with Crippen molar-refractivity contribution in [3.8, 4) is 23.3 Å². The second kappa shape index (κ2) is 22.9. The van der Waals surface area contributed by atoms with Crippen LogP contribution in [0.15, 0.2) is 78.3 Å². The van der Waals surface area contributed by atoms with E-state index in [-0.39, 0.29) is 31.1 Å². The molecule has 2 aromatic carbocycles. The molecule has 0 saturated carbocycles. The van der Waals surface area contributed by atoms with E-state index in [4.69, 9.17) is 26.1 Å². The number of likely N-dealkylation sites (tertiary alicyclic amines) is 2. The molecule has 3 N–H and O–H groups in total. The Balaban J connectivity index is 0.000000169. The Bertz CT molecular complexity index is 2750. The molecule has 6 aliphatic heterocycles. The van der Waals surface area contributed by atoms with Crippen molar-refractivity contribution in [2.24, 2.45) is 22.7 Å². The number of ether oxygens (including phenoxy) is 2. The van der Waals surface area contributed by atoms with E-state index in [9.17, 15) is 24.3 Å². The van der Waals surface area contributed by atoms with Gasteiger partial charge in [-0.1, -0.05) is 80.6 Å². The SMILES string of the molecule is C.CC(C)(C(=O)Nc1nncs1)[C@H]1c2ccccc2Oc2nc(N3CCC(C(=O)N4CCCC4)CC3)ccc21.CC(C)(C(=O)O)[C@H]1c2ccccc2Oc2nc(Cl)ccc21.O=C(C1CCNCC1)N1CCCC1. The lowest BCUT2D eigenvalue weighted by atomic mass is 9.70. The molecular weight excluding hydrogens is 966 g/mol. The number of aliphatic carboxylic acids is 1. The van der Waals surface area contributed by atoms with Gasteiger partial charge in [-0.05, 0) is 115 Å². The molecule has 0 aliphatic carbocycles. The predicted molar refractivity (Wildman–Crippen MR) is 283 cm³/mol. The van der Waals surface area contributed by atoms with Gasteiger partial charge in [-0.15, -0.1) is 10.2 Å². The molecule has 0 unspecified atom stereocenters. The quantitative estimate of drug-likeness (QED) is 0.125. The van der Waals surface area contributed by atoms with Crippen LogP contribution in [0, 0.1) is 22.7 Å². The third-order valence-electron chi connectivity index (χ3n) is 15.1. The number of hydrogen-bond acceptors (Lipinski definition) is 13. The summed E-state index contributed by atoms with van der Waals surface area (Å²) in [5.74, 6) is 2.60. The number of aromatic nitrogens is 4. The maximum absolute atomic E-state index is 13.5. The molecule has 11 rings (SSSR count). The summed E-state index contributed by atoms with van der Waals surface area (Å²) in [4.78, 5) is 65.4. The fourth-order valence-corrected chi connectivity index (χ4v) is 11.5. The van der Waals surface area contributed by atoms with Crippen LogP contribution in [-0.4, -0.2) is 111 Å². The van der Waals surface area contributed by atoms with Crippen LogP contribution in [0.1, 0.15) is 121 Å². The largest absolute Gasteiger partial charge is 0.481 e. The van der Waals surface area contributed by atoms with Crippen molar-refractivity contribution in [2.75, 3.05) is 62.6 Å². The van der Waals surface area contributed by atoms with E-state index in [1.54, 1.807) is 31.5 Å². The van der Waals surface area contributed by atoms with Crippen molar-refractivity contribution in [1.82, 2.24) is 35.3 Å². The van der Waals surface area contributed by atoms with Gasteiger partial charge in [-0.2, -0.15) is 4.98 Å². The van der Waals surface area contributed by atoms with Gasteiger partial charge in [-0.3, -0.25) is 19.2 Å². The maximum atomic E-state index is 13.5. The molecule has 2 atom stereocenters. The monoisotopic (exact) mass is 1030 g/mol. The van der Waals surface area contributed by atoms with Crippen molar-refractivity contribution in [1.29, 1.82) is 0 Å². The van der Waals surface area contributed by atoms with E-state index in [0.717, 1.165) is 119 Å². The minimum atomic E-state index is -0.996. The number of benzene rings is 2. The third-order valence-corrected chi connectivity index (χ3v) is 15.9. The second-order valence-electron chi connectivity index (χ2n) is 20.5. The third kappa shape index (κ3) is 11.5. The van der Waals surface area contributed by atoms with Gasteiger partial charge in [0.15, 0.2) is 0 Å². The highest BCUT2D eigenvalue weighted by Gasteiger charge is 2.46. The topological polar surface area (TPSA) is 192 Å². The maximum Gasteiger partial charge on any atom is 0.310 e. The van der Waals surface area contributed by atoms with Crippen molar-refractivity contribution in [3.05, 3.63) is 106 Å². The molecule has 0 bridgehead atoms. The molecule has 6 aliphatic rings. The first-order valence-electron chi connectivity index (χ1n) is 25.3. The normalized spacial score (nSPS) is 19.4. The number of nitrogens with zero attached hydrogens (tertiary/aromatic N) is 7. The van der Waals surface area contributed by atoms with Crippen LogP contribution in [0.2, 0.25) is 5.15 Å². The van der Waals surface area contributed by atoms with Gasteiger partial charge < -0.3 is 39.9 Å². The highest BCUT2D eigenvalue weighted by atomic mass is 35.5. The van der Waals surface area contributed by atoms with Gasteiger partial charge >= 0.3 is 5.97 Å². The first kappa shape index (κ1) is 53.1. The number of pyridine rings is 2. The van der Waals surface area contributed by atoms with Crippen LogP contribution in [0.25, 0.3) is 0 Å². The first-order chi connectivity index (χ1) is 34.7. The number of rotatable bonds is 8. The molecule has 73 heavy (non-hydrogen) atoms. The van der Waals surface area contributed by atoms with Crippen LogP contribution in [0.4, 0.5) is 10.9 Å². The minimum Gasteiger partial charge on any atom is -0.481 e. The average molecular weight is 1030 g/mol. The Hall–Kier alpha value is -6.17.